The Morgan fingerprint density at radius 2 is 1.12 bits per heavy atom. The second-order valence-corrected chi connectivity index (χ2v) is 27.4. The van der Waals surface area contributed by atoms with Crippen molar-refractivity contribution in [2.75, 3.05) is 14.7 Å². The highest BCUT2D eigenvalue weighted by Gasteiger charge is 2.68. The summed E-state index contributed by atoms with van der Waals surface area (Å²) in [6, 6.07) is 63.2. The molecule has 3 nitrogen and oxygen atoms in total. The van der Waals surface area contributed by atoms with Crippen LogP contribution in [-0.4, -0.2) is 25.9 Å². The summed E-state index contributed by atoms with van der Waals surface area (Å²) in [5.41, 5.74) is 17.4. The molecular weight excluding hydrogens is 826 g/mol. The predicted molar refractivity (Wildman–Crippen MR) is 285 cm³/mol. The van der Waals surface area contributed by atoms with Gasteiger partial charge in [-0.3, -0.25) is 0 Å². The summed E-state index contributed by atoms with van der Waals surface area (Å²) < 4.78 is 0. The lowest BCUT2D eigenvalue weighted by Gasteiger charge is -2.55. The van der Waals surface area contributed by atoms with Gasteiger partial charge in [0.2, 0.25) is 0 Å². The third-order valence-corrected chi connectivity index (χ3v) is 24.8. The lowest BCUT2D eigenvalue weighted by Crippen LogP contribution is -2.88. The molecule has 9 aliphatic rings. The minimum absolute atomic E-state index is 0.0491. The van der Waals surface area contributed by atoms with Crippen molar-refractivity contribution < 1.29 is 0 Å². The number of fused-ring (bicyclic) bond motifs is 3. The minimum atomic E-state index is -2.89. The summed E-state index contributed by atoms with van der Waals surface area (Å²) in [6.45, 7) is 12.4. The number of hydrogen-bond acceptors (Lipinski definition) is 3. The van der Waals surface area contributed by atoms with E-state index in [4.69, 9.17) is 0 Å². The average Bonchev–Trinajstić information content (AvgIpc) is 4.14. The molecule has 4 aliphatic heterocycles. The quantitative estimate of drug-likeness (QED) is 0.160. The molecule has 0 N–H and O–H groups in total. The van der Waals surface area contributed by atoms with E-state index < -0.39 is 8.07 Å². The Morgan fingerprint density at radius 3 is 1.76 bits per heavy atom. The van der Waals surface area contributed by atoms with Gasteiger partial charge in [0.05, 0.1) is 5.54 Å². The van der Waals surface area contributed by atoms with Crippen LogP contribution >= 0.6 is 0 Å². The molecule has 0 spiro atoms. The highest BCUT2D eigenvalue weighted by molar-refractivity contribution is 7.27. The summed E-state index contributed by atoms with van der Waals surface area (Å²) >= 11 is 0. The van der Waals surface area contributed by atoms with Crippen molar-refractivity contribution >= 4 is 91.7 Å². The molecule has 5 heteroatoms. The molecule has 5 fully saturated rings. The number of hydrogen-bond donors (Lipinski definition) is 0. The summed E-state index contributed by atoms with van der Waals surface area (Å²) in [5.74, 6) is 2.42. The fraction of sp³-hybridized carbons (Fsp3) is 0.323. The molecule has 4 bridgehead atoms. The van der Waals surface area contributed by atoms with Gasteiger partial charge in [-0.15, -0.1) is 0 Å². The van der Waals surface area contributed by atoms with Crippen molar-refractivity contribution in [3.8, 4) is 0 Å². The highest BCUT2D eigenvalue weighted by Crippen LogP contribution is 2.69. The van der Waals surface area contributed by atoms with Crippen LogP contribution in [-0.2, 0) is 10.8 Å². The van der Waals surface area contributed by atoms with E-state index in [1.807, 2.05) is 0 Å². The first-order valence-corrected chi connectivity index (χ1v) is 27.7. The van der Waals surface area contributed by atoms with E-state index >= 15 is 0 Å². The van der Waals surface area contributed by atoms with Crippen LogP contribution in [0.25, 0.3) is 0 Å². The van der Waals surface area contributed by atoms with Crippen LogP contribution in [0.3, 0.4) is 0 Å². The zero-order valence-electron chi connectivity index (χ0n) is 39.8. The summed E-state index contributed by atoms with van der Waals surface area (Å²) in [5, 5.41) is 6.07. The second kappa shape index (κ2) is 13.0. The normalized spacial score (nSPS) is 28.2. The highest BCUT2D eigenvalue weighted by atomic mass is 28.3. The standard InChI is InChI=1S/C62H60BN3Si/c1-59(2,3)42-28-30-44(31-29-42)64-50-24-16-26-54-57(50)63-56-52(64)36-45(65-49-23-13-12-22-48(49)60(4)32-14-15-33-61(60,65)5)37-53(56)66(62-38-40-34-43(62)35-41(40)39-62)51-25-17-27-55(58(51)63)67(54,46-18-8-6-9-19-46)47-20-10-7-11-21-47/h6-13,16-31,36-37,40-41,43H,14-15,32-35,38-39H2,1-5H3. The van der Waals surface area contributed by atoms with Crippen LogP contribution < -0.4 is 51.8 Å². The van der Waals surface area contributed by atoms with Gasteiger partial charge >= 0.3 is 0 Å². The van der Waals surface area contributed by atoms with Crippen LogP contribution in [0.5, 0.6) is 0 Å². The number of anilines is 7. The third kappa shape index (κ3) is 4.66. The molecule has 4 heterocycles. The predicted octanol–water partition coefficient (Wildman–Crippen LogP) is 10.4. The topological polar surface area (TPSA) is 9.72 Å². The summed E-state index contributed by atoms with van der Waals surface area (Å²) in [4.78, 5) is 8.68. The van der Waals surface area contributed by atoms with Crippen molar-refractivity contribution in [2.45, 2.75) is 108 Å². The fourth-order valence-electron chi connectivity index (χ4n) is 17.0. The van der Waals surface area contributed by atoms with Gasteiger partial charge in [-0.05, 0) is 159 Å². The molecule has 67 heavy (non-hydrogen) atoms. The third-order valence-electron chi connectivity index (χ3n) is 19.9. The maximum absolute atomic E-state index is 3.07. The van der Waals surface area contributed by atoms with Crippen molar-refractivity contribution in [1.29, 1.82) is 0 Å². The molecule has 7 aromatic rings. The molecular formula is C62H60BN3Si. The first-order valence-electron chi connectivity index (χ1n) is 25.7. The molecule has 330 valence electrons. The molecule has 4 atom stereocenters. The van der Waals surface area contributed by atoms with Crippen LogP contribution in [0, 0.1) is 17.8 Å². The molecule has 4 unspecified atom stereocenters. The van der Waals surface area contributed by atoms with E-state index in [0.29, 0.717) is 0 Å². The van der Waals surface area contributed by atoms with Crippen molar-refractivity contribution in [3.05, 3.63) is 169 Å². The van der Waals surface area contributed by atoms with E-state index in [-0.39, 0.29) is 28.6 Å². The monoisotopic (exact) mass is 885 g/mol. The minimum Gasteiger partial charge on any atom is -0.336 e. The van der Waals surface area contributed by atoms with E-state index in [9.17, 15) is 0 Å². The smallest absolute Gasteiger partial charge is 0.251 e. The van der Waals surface area contributed by atoms with Crippen LogP contribution in [0.4, 0.5) is 39.8 Å². The van der Waals surface area contributed by atoms with Crippen LogP contribution in [0.2, 0.25) is 0 Å². The molecule has 0 saturated heterocycles. The molecule has 5 aliphatic carbocycles. The molecule has 0 amide bonds. The molecule has 0 aromatic heterocycles. The van der Waals surface area contributed by atoms with Crippen molar-refractivity contribution in [1.82, 2.24) is 0 Å². The zero-order chi connectivity index (χ0) is 44.8. The lowest BCUT2D eigenvalue weighted by molar-refractivity contribution is 0.195. The number of nitrogens with zero attached hydrogens (tertiary/aromatic N) is 3. The Kier molecular flexibility index (Phi) is 7.64. The van der Waals surface area contributed by atoms with Crippen LogP contribution in [0.1, 0.15) is 97.1 Å². The molecule has 16 rings (SSSR count). The second-order valence-electron chi connectivity index (χ2n) is 23.6. The Balaban J connectivity index is 1.10. The van der Waals surface area contributed by atoms with E-state index in [0.717, 1.165) is 17.8 Å². The number of benzene rings is 7. The Labute approximate surface area is 399 Å². The Hall–Kier alpha value is -5.78. The van der Waals surface area contributed by atoms with Gasteiger partial charge in [0.15, 0.2) is 8.07 Å². The first kappa shape index (κ1) is 39.2. The fourth-order valence-corrected chi connectivity index (χ4v) is 22.3. The van der Waals surface area contributed by atoms with E-state index in [2.05, 4.69) is 207 Å². The maximum Gasteiger partial charge on any atom is 0.251 e. The van der Waals surface area contributed by atoms with E-state index in [1.165, 1.54) is 124 Å². The van der Waals surface area contributed by atoms with Crippen molar-refractivity contribution in [3.63, 3.8) is 0 Å². The molecule has 5 saturated carbocycles. The van der Waals surface area contributed by atoms with Gasteiger partial charge in [0.25, 0.3) is 6.71 Å². The summed E-state index contributed by atoms with van der Waals surface area (Å²) in [6.07, 6.45) is 10.4. The number of para-hydroxylation sites is 1. The van der Waals surface area contributed by atoms with E-state index in [1.54, 1.807) is 15.8 Å². The molecule has 0 radical (unpaired) electrons. The maximum atomic E-state index is 3.07. The van der Waals surface area contributed by atoms with Gasteiger partial charge < -0.3 is 14.7 Å². The molecule has 7 aromatic carbocycles. The lowest BCUT2D eigenvalue weighted by atomic mass is 9.33. The van der Waals surface area contributed by atoms with Crippen LogP contribution in [0.15, 0.2) is 158 Å². The van der Waals surface area contributed by atoms with Gasteiger partial charge in [-0.2, -0.15) is 0 Å². The zero-order valence-corrected chi connectivity index (χ0v) is 40.8. The Bertz CT molecular complexity index is 3180. The van der Waals surface area contributed by atoms with Gasteiger partial charge in [0, 0.05) is 50.8 Å². The summed E-state index contributed by atoms with van der Waals surface area (Å²) in [7, 11) is -2.89. The van der Waals surface area contributed by atoms with Gasteiger partial charge in [-0.25, -0.2) is 0 Å². The average molecular weight is 886 g/mol. The largest absolute Gasteiger partial charge is 0.336 e. The first-order chi connectivity index (χ1) is 32.6. The van der Waals surface area contributed by atoms with Gasteiger partial charge in [-0.1, -0.05) is 156 Å². The van der Waals surface area contributed by atoms with Crippen molar-refractivity contribution in [2.24, 2.45) is 17.8 Å². The number of rotatable bonds is 5. The van der Waals surface area contributed by atoms with Gasteiger partial charge in [0.1, 0.15) is 0 Å². The Morgan fingerprint density at radius 1 is 0.537 bits per heavy atom. The SMILES string of the molecule is CC(C)(C)c1ccc(N2c3cc(N4c5ccccc5C5(C)CCCCC45C)cc4c3B3c5c2cccc5[Si](c2ccccc2)(c2ccccc2)c2cccc(c23)N4C23CC4CC2CC4C3)cc1.